The maximum atomic E-state index is 11.9. The molecule has 20 heavy (non-hydrogen) atoms. The molecular formula is C15H19N3O2. The van der Waals surface area contributed by atoms with Gasteiger partial charge in [-0.25, -0.2) is 0 Å². The van der Waals surface area contributed by atoms with Crippen molar-refractivity contribution < 1.29 is 9.59 Å². The Hall–Kier alpha value is -2.17. The fourth-order valence-corrected chi connectivity index (χ4v) is 2.35. The summed E-state index contributed by atoms with van der Waals surface area (Å²) >= 11 is 0. The Balaban J connectivity index is 1.94. The number of benzene rings is 1. The van der Waals surface area contributed by atoms with Crippen LogP contribution in [0.1, 0.15) is 29.6 Å². The summed E-state index contributed by atoms with van der Waals surface area (Å²) in [4.78, 5) is 28.3. The van der Waals surface area contributed by atoms with Gasteiger partial charge in [-0.1, -0.05) is 18.2 Å². The van der Waals surface area contributed by atoms with Gasteiger partial charge in [0.25, 0.3) is 5.91 Å². The van der Waals surface area contributed by atoms with E-state index in [2.05, 4.69) is 4.99 Å². The first-order valence-corrected chi connectivity index (χ1v) is 6.83. The quantitative estimate of drug-likeness (QED) is 0.513. The normalized spacial score (nSPS) is 17.0. The molecule has 1 aliphatic rings. The van der Waals surface area contributed by atoms with Crippen LogP contribution in [0, 0.1) is 5.92 Å². The molecule has 0 aliphatic carbocycles. The Morgan fingerprint density at radius 1 is 1.30 bits per heavy atom. The third kappa shape index (κ3) is 3.66. The van der Waals surface area contributed by atoms with E-state index in [1.165, 1.54) is 0 Å². The number of nitrogens with two attached hydrogens (primary N) is 1. The number of hydrogen-bond acceptors (Lipinski definition) is 2. The Kier molecular flexibility index (Phi) is 4.87. The van der Waals surface area contributed by atoms with Crippen molar-refractivity contribution in [3.8, 4) is 0 Å². The number of amides is 1. The van der Waals surface area contributed by atoms with Crippen LogP contribution in [0.2, 0.25) is 0 Å². The molecule has 0 spiro atoms. The smallest absolute Gasteiger partial charge is 0.280 e. The van der Waals surface area contributed by atoms with Crippen LogP contribution in [0.5, 0.6) is 0 Å². The number of aldehydes is 1. The molecule has 0 bridgehead atoms. The van der Waals surface area contributed by atoms with Crippen LogP contribution < -0.4 is 5.73 Å². The van der Waals surface area contributed by atoms with Gasteiger partial charge in [0.1, 0.15) is 6.29 Å². The van der Waals surface area contributed by atoms with Crippen LogP contribution in [0.3, 0.4) is 0 Å². The average Bonchev–Trinajstić information content (AvgIpc) is 2.49. The van der Waals surface area contributed by atoms with Gasteiger partial charge in [-0.3, -0.25) is 4.79 Å². The number of likely N-dealkylation sites (tertiary alicyclic amines) is 1. The van der Waals surface area contributed by atoms with Crippen LogP contribution in [-0.4, -0.2) is 36.1 Å². The standard InChI is InChI=1S/C15H19N3O2/c16-15(17-14(20)13-4-2-1-3-5-13)18-9-6-12(7-10-18)8-11-19/h1-5,11-12H,6-10H2,(H2,16,17,20). The fourth-order valence-electron chi connectivity index (χ4n) is 2.35. The van der Waals surface area contributed by atoms with Gasteiger partial charge in [0.2, 0.25) is 0 Å². The number of hydrogen-bond donors (Lipinski definition) is 1. The minimum absolute atomic E-state index is 0.267. The van der Waals surface area contributed by atoms with Crippen LogP contribution in [-0.2, 0) is 4.79 Å². The van der Waals surface area contributed by atoms with E-state index in [1.54, 1.807) is 24.3 Å². The summed E-state index contributed by atoms with van der Waals surface area (Å²) in [6.07, 6.45) is 3.40. The van der Waals surface area contributed by atoms with Gasteiger partial charge in [0.15, 0.2) is 5.96 Å². The van der Waals surface area contributed by atoms with Crippen LogP contribution in [0.15, 0.2) is 35.3 Å². The lowest BCUT2D eigenvalue weighted by molar-refractivity contribution is -0.108. The highest BCUT2D eigenvalue weighted by Crippen LogP contribution is 2.19. The lowest BCUT2D eigenvalue weighted by Crippen LogP contribution is -2.43. The summed E-state index contributed by atoms with van der Waals surface area (Å²) in [7, 11) is 0. The number of nitrogens with zero attached hydrogens (tertiary/aromatic N) is 2. The van der Waals surface area contributed by atoms with Crippen LogP contribution >= 0.6 is 0 Å². The van der Waals surface area contributed by atoms with E-state index in [1.807, 2.05) is 11.0 Å². The molecule has 5 heteroatoms. The topological polar surface area (TPSA) is 75.8 Å². The zero-order valence-corrected chi connectivity index (χ0v) is 11.4. The molecular weight excluding hydrogens is 254 g/mol. The summed E-state index contributed by atoms with van der Waals surface area (Å²) < 4.78 is 0. The summed E-state index contributed by atoms with van der Waals surface area (Å²) in [6.45, 7) is 1.49. The first-order valence-electron chi connectivity index (χ1n) is 6.83. The van der Waals surface area contributed by atoms with E-state index in [0.717, 1.165) is 32.2 Å². The molecule has 0 saturated carbocycles. The minimum Gasteiger partial charge on any atom is -0.369 e. The molecule has 2 rings (SSSR count). The van der Waals surface area contributed by atoms with Gasteiger partial charge < -0.3 is 15.4 Å². The molecule has 0 unspecified atom stereocenters. The minimum atomic E-state index is -0.321. The number of carbonyl (C=O) groups is 2. The van der Waals surface area contributed by atoms with E-state index in [-0.39, 0.29) is 11.9 Å². The predicted molar refractivity (Wildman–Crippen MR) is 77.4 cm³/mol. The van der Waals surface area contributed by atoms with Gasteiger partial charge >= 0.3 is 0 Å². The number of rotatable bonds is 3. The van der Waals surface area contributed by atoms with Crippen molar-refractivity contribution in [2.45, 2.75) is 19.3 Å². The first-order chi connectivity index (χ1) is 9.70. The van der Waals surface area contributed by atoms with Crippen molar-refractivity contribution in [2.24, 2.45) is 16.6 Å². The Morgan fingerprint density at radius 2 is 1.95 bits per heavy atom. The lowest BCUT2D eigenvalue weighted by Gasteiger charge is -2.31. The Labute approximate surface area is 118 Å². The zero-order valence-electron chi connectivity index (χ0n) is 11.4. The number of piperidine rings is 1. The Bertz CT molecular complexity index is 491. The van der Waals surface area contributed by atoms with Crippen molar-refractivity contribution in [1.82, 2.24) is 4.90 Å². The molecule has 5 nitrogen and oxygen atoms in total. The summed E-state index contributed by atoms with van der Waals surface area (Å²) in [5.41, 5.74) is 6.43. The highest BCUT2D eigenvalue weighted by atomic mass is 16.1. The van der Waals surface area contributed by atoms with Crippen molar-refractivity contribution in [2.75, 3.05) is 13.1 Å². The van der Waals surface area contributed by atoms with Crippen molar-refractivity contribution in [3.63, 3.8) is 0 Å². The highest BCUT2D eigenvalue weighted by Gasteiger charge is 2.20. The fraction of sp³-hybridized carbons (Fsp3) is 0.400. The molecule has 1 heterocycles. The molecule has 1 aromatic carbocycles. The molecule has 1 saturated heterocycles. The third-order valence-electron chi connectivity index (χ3n) is 3.60. The third-order valence-corrected chi connectivity index (χ3v) is 3.60. The van der Waals surface area contributed by atoms with E-state index < -0.39 is 0 Å². The van der Waals surface area contributed by atoms with E-state index in [9.17, 15) is 9.59 Å². The monoisotopic (exact) mass is 273 g/mol. The molecule has 0 aromatic heterocycles. The van der Waals surface area contributed by atoms with Crippen molar-refractivity contribution in [3.05, 3.63) is 35.9 Å². The van der Waals surface area contributed by atoms with Crippen molar-refractivity contribution >= 4 is 18.2 Å². The van der Waals surface area contributed by atoms with Gasteiger partial charge in [0, 0.05) is 25.1 Å². The van der Waals surface area contributed by atoms with Gasteiger partial charge in [-0.2, -0.15) is 4.99 Å². The van der Waals surface area contributed by atoms with E-state index >= 15 is 0 Å². The molecule has 0 radical (unpaired) electrons. The molecule has 2 N–H and O–H groups in total. The maximum absolute atomic E-state index is 11.9. The molecule has 1 amide bonds. The number of aliphatic imine (C=N–C) groups is 1. The summed E-state index contributed by atoms with van der Waals surface area (Å²) in [5, 5.41) is 0. The molecule has 106 valence electrons. The average molecular weight is 273 g/mol. The van der Waals surface area contributed by atoms with Gasteiger partial charge in [0.05, 0.1) is 0 Å². The van der Waals surface area contributed by atoms with Gasteiger partial charge in [-0.05, 0) is 30.9 Å². The molecule has 0 atom stereocenters. The van der Waals surface area contributed by atoms with Crippen LogP contribution in [0.25, 0.3) is 0 Å². The second kappa shape index (κ2) is 6.84. The Morgan fingerprint density at radius 3 is 2.55 bits per heavy atom. The maximum Gasteiger partial charge on any atom is 0.280 e. The highest BCUT2D eigenvalue weighted by molar-refractivity contribution is 6.02. The zero-order chi connectivity index (χ0) is 14.4. The van der Waals surface area contributed by atoms with E-state index in [4.69, 9.17) is 5.73 Å². The van der Waals surface area contributed by atoms with Crippen LogP contribution in [0.4, 0.5) is 0 Å². The van der Waals surface area contributed by atoms with Crippen molar-refractivity contribution in [1.29, 1.82) is 0 Å². The number of carbonyl (C=O) groups excluding carboxylic acids is 2. The summed E-state index contributed by atoms with van der Waals surface area (Å²) in [5.74, 6) is 0.378. The summed E-state index contributed by atoms with van der Waals surface area (Å²) in [6, 6.07) is 8.88. The second-order valence-electron chi connectivity index (χ2n) is 4.97. The molecule has 1 aliphatic heterocycles. The lowest BCUT2D eigenvalue weighted by atomic mass is 9.94. The largest absolute Gasteiger partial charge is 0.369 e. The SMILES string of the molecule is NC(=NC(=O)c1ccccc1)N1CCC(CC=O)CC1. The van der Waals surface area contributed by atoms with Gasteiger partial charge in [-0.15, -0.1) is 0 Å². The first kappa shape index (κ1) is 14.2. The predicted octanol–water partition coefficient (Wildman–Crippen LogP) is 1.44. The molecule has 1 aromatic rings. The molecule has 1 fully saturated rings. The second-order valence-corrected chi connectivity index (χ2v) is 4.97. The van der Waals surface area contributed by atoms with E-state index in [0.29, 0.717) is 17.9 Å². The number of guanidine groups is 1.